The maximum atomic E-state index is 14.1. The third-order valence-electron chi connectivity index (χ3n) is 10.8. The van der Waals surface area contributed by atoms with Crippen molar-refractivity contribution < 1.29 is 9.32 Å². The van der Waals surface area contributed by atoms with Crippen molar-refractivity contribution in [1.82, 2.24) is 25.3 Å². The van der Waals surface area contributed by atoms with Gasteiger partial charge in [0.15, 0.2) is 5.82 Å². The van der Waals surface area contributed by atoms with Crippen LogP contribution in [0.3, 0.4) is 0 Å². The van der Waals surface area contributed by atoms with Crippen molar-refractivity contribution in [3.05, 3.63) is 94.3 Å². The van der Waals surface area contributed by atoms with E-state index in [1.807, 2.05) is 19.1 Å². The first-order valence-corrected chi connectivity index (χ1v) is 17.7. The van der Waals surface area contributed by atoms with Crippen molar-refractivity contribution in [2.75, 3.05) is 19.6 Å². The fraction of sp³-hybridized carbons (Fsp3) is 0.439. The summed E-state index contributed by atoms with van der Waals surface area (Å²) in [6, 6.07) is 22.2. The fourth-order valence-electron chi connectivity index (χ4n) is 8.14. The molecule has 7 heteroatoms. The van der Waals surface area contributed by atoms with Gasteiger partial charge in [-0.3, -0.25) is 4.79 Å². The first kappa shape index (κ1) is 32.3. The zero-order valence-corrected chi connectivity index (χ0v) is 29.3. The van der Waals surface area contributed by atoms with Gasteiger partial charge in [0, 0.05) is 35.6 Å². The van der Waals surface area contributed by atoms with Crippen LogP contribution in [-0.2, 0) is 16.6 Å². The first-order valence-electron chi connectivity index (χ1n) is 17.7. The van der Waals surface area contributed by atoms with E-state index >= 15 is 0 Å². The Labute approximate surface area is 284 Å². The molecule has 5 aromatic rings. The van der Waals surface area contributed by atoms with Gasteiger partial charge in [0.25, 0.3) is 5.89 Å². The summed E-state index contributed by atoms with van der Waals surface area (Å²) in [4.78, 5) is 24.5. The molecule has 1 atom stereocenters. The highest BCUT2D eigenvalue weighted by atomic mass is 16.5. The SMILES string of the molecule is Cc1cc(C)cc(-c2[nH]c3ccc(C(C)(C)C(=O)N4CC5CCC4CC5)cc3c2C(C)CNCCc2ccc(-c3nc(C)no3)cc2)c1. The lowest BCUT2D eigenvalue weighted by Gasteiger charge is -2.47. The van der Waals surface area contributed by atoms with Crippen LogP contribution in [0.1, 0.15) is 86.0 Å². The Balaban J connectivity index is 1.13. The average molecular weight is 644 g/mol. The van der Waals surface area contributed by atoms with Gasteiger partial charge in [-0.2, -0.15) is 4.98 Å². The number of carbonyl (C=O) groups excluding carboxylic acids is 1. The van der Waals surface area contributed by atoms with Crippen LogP contribution in [0.25, 0.3) is 33.6 Å². The molecule has 2 N–H and O–H groups in total. The Morgan fingerprint density at radius 2 is 1.71 bits per heavy atom. The second kappa shape index (κ2) is 13.0. The largest absolute Gasteiger partial charge is 0.354 e. The molecule has 2 aliphatic heterocycles. The number of hydrogen-bond acceptors (Lipinski definition) is 5. The molecule has 2 aromatic heterocycles. The molecule has 2 bridgehead atoms. The number of aromatic nitrogens is 3. The number of hydrogen-bond donors (Lipinski definition) is 2. The highest BCUT2D eigenvalue weighted by Gasteiger charge is 2.42. The van der Waals surface area contributed by atoms with E-state index in [9.17, 15) is 4.79 Å². The van der Waals surface area contributed by atoms with Crippen LogP contribution in [0.2, 0.25) is 0 Å². The summed E-state index contributed by atoms with van der Waals surface area (Å²) in [5, 5.41) is 8.86. The lowest BCUT2D eigenvalue weighted by Crippen LogP contribution is -2.55. The molecule has 1 saturated carbocycles. The number of rotatable bonds is 10. The highest BCUT2D eigenvalue weighted by Crippen LogP contribution is 2.41. The Kier molecular flexibility index (Phi) is 8.75. The van der Waals surface area contributed by atoms with Crippen LogP contribution < -0.4 is 5.32 Å². The second-order valence-corrected chi connectivity index (χ2v) is 15.0. The first-order chi connectivity index (χ1) is 23.1. The summed E-state index contributed by atoms with van der Waals surface area (Å²) in [6.45, 7) is 15.4. The summed E-state index contributed by atoms with van der Waals surface area (Å²) in [5.41, 5.74) is 10.0. The number of H-pyrrole nitrogens is 1. The summed E-state index contributed by atoms with van der Waals surface area (Å²) >= 11 is 0. The molecule has 4 heterocycles. The van der Waals surface area contributed by atoms with Crippen molar-refractivity contribution >= 4 is 16.8 Å². The third kappa shape index (κ3) is 6.33. The molecule has 1 unspecified atom stereocenters. The number of piperidine rings is 2. The topological polar surface area (TPSA) is 87.0 Å². The molecule has 0 spiro atoms. The third-order valence-corrected chi connectivity index (χ3v) is 10.8. The smallest absolute Gasteiger partial charge is 0.257 e. The van der Waals surface area contributed by atoms with Gasteiger partial charge in [-0.25, -0.2) is 0 Å². The quantitative estimate of drug-likeness (QED) is 0.149. The van der Waals surface area contributed by atoms with E-state index in [2.05, 4.69) is 108 Å². The molecule has 8 rings (SSSR count). The maximum Gasteiger partial charge on any atom is 0.257 e. The van der Waals surface area contributed by atoms with E-state index < -0.39 is 5.41 Å². The molecule has 3 aliphatic rings. The Morgan fingerprint density at radius 3 is 2.35 bits per heavy atom. The maximum absolute atomic E-state index is 14.1. The van der Waals surface area contributed by atoms with E-state index in [4.69, 9.17) is 4.52 Å². The second-order valence-electron chi connectivity index (χ2n) is 15.0. The van der Waals surface area contributed by atoms with Crippen molar-refractivity contribution in [2.45, 2.75) is 91.0 Å². The summed E-state index contributed by atoms with van der Waals surface area (Å²) in [7, 11) is 0. The van der Waals surface area contributed by atoms with Crippen molar-refractivity contribution in [3.8, 4) is 22.7 Å². The lowest BCUT2D eigenvalue weighted by molar-refractivity contribution is -0.144. The minimum absolute atomic E-state index is 0.240. The predicted octanol–water partition coefficient (Wildman–Crippen LogP) is 8.42. The molecule has 3 aromatic carbocycles. The molecule has 250 valence electrons. The van der Waals surface area contributed by atoms with Crippen molar-refractivity contribution in [2.24, 2.45) is 5.92 Å². The van der Waals surface area contributed by atoms with E-state index in [-0.39, 0.29) is 11.8 Å². The van der Waals surface area contributed by atoms with E-state index in [1.54, 1.807) is 0 Å². The van der Waals surface area contributed by atoms with Crippen molar-refractivity contribution in [1.29, 1.82) is 0 Å². The van der Waals surface area contributed by atoms with Gasteiger partial charge in [-0.15, -0.1) is 0 Å². The number of benzene rings is 3. The van der Waals surface area contributed by atoms with E-state index in [0.29, 0.717) is 23.7 Å². The van der Waals surface area contributed by atoms with Gasteiger partial charge in [-0.1, -0.05) is 47.5 Å². The van der Waals surface area contributed by atoms with Gasteiger partial charge in [-0.05, 0) is 144 Å². The highest BCUT2D eigenvalue weighted by molar-refractivity contribution is 5.94. The molecular weight excluding hydrogens is 594 g/mol. The van der Waals surface area contributed by atoms with E-state index in [1.165, 1.54) is 51.7 Å². The van der Waals surface area contributed by atoms with Crippen LogP contribution in [0, 0.1) is 26.7 Å². The van der Waals surface area contributed by atoms with Gasteiger partial charge in [0.2, 0.25) is 5.91 Å². The number of fused-ring (bicyclic) bond motifs is 4. The number of aryl methyl sites for hydroxylation is 3. The Bertz CT molecular complexity index is 1910. The number of aromatic amines is 1. The molecule has 1 aliphatic carbocycles. The summed E-state index contributed by atoms with van der Waals surface area (Å²) in [5.74, 6) is 2.38. The van der Waals surface area contributed by atoms with Gasteiger partial charge in [0.1, 0.15) is 0 Å². The number of nitrogens with one attached hydrogen (secondary N) is 2. The normalized spacial score (nSPS) is 18.5. The molecular formula is C41H49N5O2. The zero-order valence-electron chi connectivity index (χ0n) is 29.3. The lowest BCUT2D eigenvalue weighted by atomic mass is 9.76. The van der Waals surface area contributed by atoms with Gasteiger partial charge < -0.3 is 19.7 Å². The predicted molar refractivity (Wildman–Crippen MR) is 193 cm³/mol. The molecule has 48 heavy (non-hydrogen) atoms. The van der Waals surface area contributed by atoms with Crippen LogP contribution >= 0.6 is 0 Å². The van der Waals surface area contributed by atoms with Crippen LogP contribution in [0.15, 0.2) is 65.2 Å². The molecule has 3 fully saturated rings. The van der Waals surface area contributed by atoms with Crippen molar-refractivity contribution in [3.63, 3.8) is 0 Å². The van der Waals surface area contributed by atoms with Crippen LogP contribution in [0.4, 0.5) is 0 Å². The molecule has 0 radical (unpaired) electrons. The Hall–Kier alpha value is -4.23. The minimum atomic E-state index is -0.598. The minimum Gasteiger partial charge on any atom is -0.354 e. The van der Waals surface area contributed by atoms with Gasteiger partial charge in [0.05, 0.1) is 11.1 Å². The standard InChI is InChI=1S/C41H49N5O2/c1-25-19-26(2)21-32(20-25)38-37(27(3)23-42-18-17-29-7-11-31(12-8-29)39-43-28(4)45-48-39)35-22-33(13-16-36(35)44-38)41(5,6)40(47)46-24-30-9-14-34(46)15-10-30/h7-8,11-13,16,19-22,27,30,34,42,44H,9-10,14-15,17-18,23-24H2,1-6H3. The number of amides is 1. The zero-order chi connectivity index (χ0) is 33.6. The van der Waals surface area contributed by atoms with Crippen LogP contribution in [0.5, 0.6) is 0 Å². The number of nitrogens with zero attached hydrogens (tertiary/aromatic N) is 3. The molecule has 1 amide bonds. The number of carbonyl (C=O) groups is 1. The van der Waals surface area contributed by atoms with Gasteiger partial charge >= 0.3 is 0 Å². The average Bonchev–Trinajstić information content (AvgIpc) is 3.70. The van der Waals surface area contributed by atoms with Crippen LogP contribution in [-0.4, -0.2) is 51.6 Å². The van der Waals surface area contributed by atoms with E-state index in [0.717, 1.165) is 55.5 Å². The summed E-state index contributed by atoms with van der Waals surface area (Å²) in [6.07, 6.45) is 5.78. The molecule has 7 nitrogen and oxygen atoms in total. The monoisotopic (exact) mass is 643 g/mol. The fourth-order valence-corrected chi connectivity index (χ4v) is 8.14. The molecule has 2 saturated heterocycles. The Morgan fingerprint density at radius 1 is 0.979 bits per heavy atom. The summed E-state index contributed by atoms with van der Waals surface area (Å²) < 4.78 is 5.32.